The monoisotopic (exact) mass is 664 g/mol. The first-order valence-corrected chi connectivity index (χ1v) is 17.5. The molecule has 0 aliphatic carbocycles. The molecule has 242 valence electrons. The molecule has 0 aliphatic rings. The number of hydrogen-bond donors (Lipinski definition) is 0. The van der Waals surface area contributed by atoms with Crippen molar-refractivity contribution >= 4 is 65.7 Å². The Bertz CT molecular complexity index is 2950. The van der Waals surface area contributed by atoms with Gasteiger partial charge >= 0.3 is 0 Å². The standard InChI is InChI=1S/C48H28N2O2/c1-3-7-43-37(5-1)41-27-33(17-21-45(41)51-43)29-9-13-31(14-10-29)35-23-25-49-47-39(35)19-20-40-36(24-26-50-48(40)47)32-15-11-30(12-16-32)34-18-22-46-42(28-34)38-6-2-4-8-44(38)52-46/h1-28H. The summed E-state index contributed by atoms with van der Waals surface area (Å²) >= 11 is 0. The molecule has 7 aromatic carbocycles. The van der Waals surface area contributed by atoms with Crippen LogP contribution in [0.25, 0.3) is 110 Å². The van der Waals surface area contributed by atoms with Crippen LogP contribution in [0.2, 0.25) is 0 Å². The van der Waals surface area contributed by atoms with Gasteiger partial charge in [-0.2, -0.15) is 0 Å². The zero-order chi connectivity index (χ0) is 34.2. The largest absolute Gasteiger partial charge is 0.456 e. The summed E-state index contributed by atoms with van der Waals surface area (Å²) in [5.41, 5.74) is 14.6. The lowest BCUT2D eigenvalue weighted by Gasteiger charge is -2.12. The highest BCUT2D eigenvalue weighted by atomic mass is 16.3. The van der Waals surface area contributed by atoms with Crippen LogP contribution in [0.3, 0.4) is 0 Å². The Kier molecular flexibility index (Phi) is 6.22. The van der Waals surface area contributed by atoms with Crippen LogP contribution < -0.4 is 0 Å². The van der Waals surface area contributed by atoms with Crippen LogP contribution in [0.5, 0.6) is 0 Å². The fraction of sp³-hybridized carbons (Fsp3) is 0. The molecule has 0 amide bonds. The summed E-state index contributed by atoms with van der Waals surface area (Å²) in [4.78, 5) is 9.72. The summed E-state index contributed by atoms with van der Waals surface area (Å²) in [6, 6.07) is 55.4. The summed E-state index contributed by atoms with van der Waals surface area (Å²) in [5.74, 6) is 0. The fourth-order valence-electron chi connectivity index (χ4n) is 7.83. The molecule has 0 N–H and O–H groups in total. The van der Waals surface area contributed by atoms with Gasteiger partial charge in [-0.1, -0.05) is 109 Å². The maximum absolute atomic E-state index is 6.05. The molecule has 4 heteroatoms. The van der Waals surface area contributed by atoms with Gasteiger partial charge in [-0.15, -0.1) is 0 Å². The molecule has 0 atom stereocenters. The van der Waals surface area contributed by atoms with E-state index >= 15 is 0 Å². The first-order valence-electron chi connectivity index (χ1n) is 17.5. The molecule has 52 heavy (non-hydrogen) atoms. The quantitative estimate of drug-likeness (QED) is 0.176. The predicted octanol–water partition coefficient (Wildman–Crippen LogP) is 13.2. The summed E-state index contributed by atoms with van der Waals surface area (Å²) < 4.78 is 12.1. The van der Waals surface area contributed by atoms with Crippen molar-refractivity contribution in [1.29, 1.82) is 0 Å². The average molecular weight is 665 g/mol. The molecule has 4 heterocycles. The Hall–Kier alpha value is -7.04. The van der Waals surface area contributed by atoms with Crippen molar-refractivity contribution < 1.29 is 8.83 Å². The van der Waals surface area contributed by atoms with Crippen LogP contribution in [0.15, 0.2) is 179 Å². The summed E-state index contributed by atoms with van der Waals surface area (Å²) in [6.45, 7) is 0. The van der Waals surface area contributed by atoms with Crippen molar-refractivity contribution in [3.8, 4) is 44.5 Å². The molecule has 0 radical (unpaired) electrons. The normalized spacial score (nSPS) is 11.8. The minimum Gasteiger partial charge on any atom is -0.456 e. The van der Waals surface area contributed by atoms with E-state index in [4.69, 9.17) is 18.8 Å². The highest BCUT2D eigenvalue weighted by Gasteiger charge is 2.14. The molecule has 0 unspecified atom stereocenters. The number of aromatic nitrogens is 2. The Morgan fingerprint density at radius 1 is 0.288 bits per heavy atom. The Morgan fingerprint density at radius 2 is 0.673 bits per heavy atom. The summed E-state index contributed by atoms with van der Waals surface area (Å²) in [7, 11) is 0. The number of benzene rings is 7. The van der Waals surface area contributed by atoms with Crippen molar-refractivity contribution in [3.63, 3.8) is 0 Å². The van der Waals surface area contributed by atoms with Gasteiger partial charge in [0.05, 0.1) is 11.0 Å². The van der Waals surface area contributed by atoms with Crippen molar-refractivity contribution in [2.75, 3.05) is 0 Å². The highest BCUT2D eigenvalue weighted by molar-refractivity contribution is 6.12. The van der Waals surface area contributed by atoms with E-state index in [1.165, 1.54) is 0 Å². The molecule has 0 bridgehead atoms. The van der Waals surface area contributed by atoms with Crippen molar-refractivity contribution in [2.24, 2.45) is 0 Å². The van der Waals surface area contributed by atoms with Gasteiger partial charge in [-0.05, 0) is 93.0 Å². The van der Waals surface area contributed by atoms with E-state index < -0.39 is 0 Å². The second-order valence-corrected chi connectivity index (χ2v) is 13.3. The minimum atomic E-state index is 0.899. The van der Waals surface area contributed by atoms with Crippen molar-refractivity contribution in [2.45, 2.75) is 0 Å². The molecule has 4 nitrogen and oxygen atoms in total. The van der Waals surface area contributed by atoms with Gasteiger partial charge in [-0.3, -0.25) is 9.97 Å². The van der Waals surface area contributed by atoms with Gasteiger partial charge in [0.2, 0.25) is 0 Å². The van der Waals surface area contributed by atoms with Crippen LogP contribution >= 0.6 is 0 Å². The second-order valence-electron chi connectivity index (χ2n) is 13.3. The molecular formula is C48H28N2O2. The van der Waals surface area contributed by atoms with Crippen LogP contribution in [-0.2, 0) is 0 Å². The Balaban J connectivity index is 0.934. The lowest BCUT2D eigenvalue weighted by atomic mass is 9.94. The van der Waals surface area contributed by atoms with Crippen LogP contribution in [-0.4, -0.2) is 9.97 Å². The number of furan rings is 2. The third-order valence-corrected chi connectivity index (χ3v) is 10.4. The SMILES string of the molecule is c1ccc2c(c1)oc1ccc(-c3ccc(-c4ccnc5c4ccc4c(-c6ccc(-c7ccc8oc9ccccc9c8c7)cc6)ccnc45)cc3)cc12. The van der Waals surface area contributed by atoms with Crippen molar-refractivity contribution in [3.05, 3.63) is 170 Å². The third-order valence-electron chi connectivity index (χ3n) is 10.4. The van der Waals surface area contributed by atoms with E-state index in [1.54, 1.807) is 0 Å². The molecule has 0 fully saturated rings. The maximum atomic E-state index is 6.05. The van der Waals surface area contributed by atoms with Gasteiger partial charge in [0, 0.05) is 44.7 Å². The number of fused-ring (bicyclic) bond motifs is 9. The zero-order valence-electron chi connectivity index (χ0n) is 27.9. The van der Waals surface area contributed by atoms with Crippen molar-refractivity contribution in [1.82, 2.24) is 9.97 Å². The van der Waals surface area contributed by atoms with E-state index in [2.05, 4.69) is 133 Å². The molecule has 4 aromatic heterocycles. The first kappa shape index (κ1) is 28.8. The second kappa shape index (κ2) is 11.2. The molecule has 0 saturated carbocycles. The van der Waals surface area contributed by atoms with Gasteiger partial charge < -0.3 is 8.83 Å². The van der Waals surface area contributed by atoms with Crippen LogP contribution in [0.4, 0.5) is 0 Å². The number of nitrogens with zero attached hydrogens (tertiary/aromatic N) is 2. The average Bonchev–Trinajstić information content (AvgIpc) is 3.78. The summed E-state index contributed by atoms with van der Waals surface area (Å²) in [6.07, 6.45) is 3.79. The number of pyridine rings is 2. The molecule has 11 rings (SSSR count). The third kappa shape index (κ3) is 4.48. The van der Waals surface area contributed by atoms with E-state index in [9.17, 15) is 0 Å². The van der Waals surface area contributed by atoms with Gasteiger partial charge in [0.25, 0.3) is 0 Å². The van der Waals surface area contributed by atoms with Crippen LogP contribution in [0, 0.1) is 0 Å². The van der Waals surface area contributed by atoms with E-state index in [-0.39, 0.29) is 0 Å². The topological polar surface area (TPSA) is 52.1 Å². The van der Waals surface area contributed by atoms with E-state index in [1.807, 2.05) is 36.7 Å². The van der Waals surface area contributed by atoms with Gasteiger partial charge in [-0.25, -0.2) is 0 Å². The number of hydrogen-bond acceptors (Lipinski definition) is 4. The van der Waals surface area contributed by atoms with Gasteiger partial charge in [0.1, 0.15) is 22.3 Å². The number of rotatable bonds is 4. The zero-order valence-corrected chi connectivity index (χ0v) is 27.9. The molecule has 0 aliphatic heterocycles. The molecule has 0 spiro atoms. The summed E-state index contributed by atoms with van der Waals surface area (Å²) in [5, 5.41) is 6.70. The fourth-order valence-corrected chi connectivity index (χ4v) is 7.83. The first-order chi connectivity index (χ1) is 25.7. The Morgan fingerprint density at radius 3 is 1.13 bits per heavy atom. The smallest absolute Gasteiger partial charge is 0.135 e. The maximum Gasteiger partial charge on any atom is 0.135 e. The number of para-hydroxylation sites is 2. The predicted molar refractivity (Wildman–Crippen MR) is 213 cm³/mol. The molecule has 11 aromatic rings. The van der Waals surface area contributed by atoms with E-state index in [0.29, 0.717) is 0 Å². The minimum absolute atomic E-state index is 0.899. The molecule has 0 saturated heterocycles. The lowest BCUT2D eigenvalue weighted by molar-refractivity contribution is 0.668. The lowest BCUT2D eigenvalue weighted by Crippen LogP contribution is -1.90. The Labute approximate surface area is 298 Å². The van der Waals surface area contributed by atoms with Crippen LogP contribution in [0.1, 0.15) is 0 Å². The van der Waals surface area contributed by atoms with Gasteiger partial charge in [0.15, 0.2) is 0 Å². The molecular weight excluding hydrogens is 637 g/mol. The van der Waals surface area contributed by atoms with E-state index in [0.717, 1.165) is 110 Å². The highest BCUT2D eigenvalue weighted by Crippen LogP contribution is 2.38.